The molecule has 2 aromatic carbocycles. The zero-order valence-corrected chi connectivity index (χ0v) is 16.7. The summed E-state index contributed by atoms with van der Waals surface area (Å²) in [6, 6.07) is 13.5. The molecule has 152 valence electrons. The van der Waals surface area contributed by atoms with Crippen LogP contribution in [0.15, 0.2) is 67.7 Å². The molecule has 0 saturated carbocycles. The molecule has 0 bridgehead atoms. The zero-order chi connectivity index (χ0) is 21.1. The second kappa shape index (κ2) is 8.42. The molecule has 4 aromatic rings. The van der Waals surface area contributed by atoms with Crippen molar-refractivity contribution in [3.8, 4) is 0 Å². The predicted molar refractivity (Wildman–Crippen MR) is 115 cm³/mol. The van der Waals surface area contributed by atoms with Crippen LogP contribution in [0, 0.1) is 0 Å². The number of aromatic amines is 1. The van der Waals surface area contributed by atoms with Gasteiger partial charge in [-0.3, -0.25) is 10.1 Å². The number of nitrogens with zero attached hydrogens (tertiary/aromatic N) is 1. The molecular formula is C21H17N3O5S. The van der Waals surface area contributed by atoms with Crippen molar-refractivity contribution < 1.29 is 13.9 Å². The Hall–Kier alpha value is -3.59. The van der Waals surface area contributed by atoms with E-state index < -0.39 is 11.7 Å². The fourth-order valence-electron chi connectivity index (χ4n) is 2.99. The average Bonchev–Trinajstić information content (AvgIpc) is 2.72. The summed E-state index contributed by atoms with van der Waals surface area (Å²) >= 11 is 1.31. The van der Waals surface area contributed by atoms with Gasteiger partial charge in [-0.1, -0.05) is 23.9 Å². The molecule has 4 rings (SSSR count). The number of carbonyl (C=O) groups excluding carboxylic acids is 1. The van der Waals surface area contributed by atoms with E-state index >= 15 is 0 Å². The van der Waals surface area contributed by atoms with Gasteiger partial charge in [0, 0.05) is 29.0 Å². The Bertz CT molecular complexity index is 1360. The van der Waals surface area contributed by atoms with Crippen LogP contribution in [0.4, 0.5) is 10.5 Å². The smallest absolute Gasteiger partial charge is 0.411 e. The molecule has 0 aliphatic rings. The van der Waals surface area contributed by atoms with E-state index in [4.69, 9.17) is 9.15 Å². The van der Waals surface area contributed by atoms with E-state index in [9.17, 15) is 14.4 Å². The highest BCUT2D eigenvalue weighted by Crippen LogP contribution is 2.26. The number of fused-ring (bicyclic) bond motifs is 2. The molecule has 30 heavy (non-hydrogen) atoms. The van der Waals surface area contributed by atoms with E-state index in [1.165, 1.54) is 17.8 Å². The van der Waals surface area contributed by atoms with Crippen LogP contribution >= 0.6 is 11.8 Å². The third-order valence-corrected chi connectivity index (χ3v) is 5.23. The van der Waals surface area contributed by atoms with Gasteiger partial charge in [0.25, 0.3) is 5.56 Å². The Morgan fingerprint density at radius 3 is 2.83 bits per heavy atom. The first kappa shape index (κ1) is 19.7. The largest absolute Gasteiger partial charge is 0.450 e. The van der Waals surface area contributed by atoms with Crippen molar-refractivity contribution >= 4 is 45.4 Å². The lowest BCUT2D eigenvalue weighted by molar-refractivity contribution is 0.168. The van der Waals surface area contributed by atoms with E-state index in [2.05, 4.69) is 15.3 Å². The number of hydrogen-bond acceptors (Lipinski definition) is 7. The predicted octanol–water partition coefficient (Wildman–Crippen LogP) is 3.89. The summed E-state index contributed by atoms with van der Waals surface area (Å²) in [5.74, 6) is 0.397. The maximum atomic E-state index is 12.2. The van der Waals surface area contributed by atoms with Gasteiger partial charge in [0.05, 0.1) is 17.5 Å². The maximum absolute atomic E-state index is 12.2. The van der Waals surface area contributed by atoms with Crippen LogP contribution in [0.2, 0.25) is 0 Å². The Labute approximate surface area is 174 Å². The number of ether oxygens (including phenoxy) is 1. The molecule has 0 aliphatic carbocycles. The van der Waals surface area contributed by atoms with Crippen molar-refractivity contribution in [3.05, 3.63) is 74.9 Å². The third kappa shape index (κ3) is 4.20. The second-order valence-corrected chi connectivity index (χ2v) is 7.29. The number of para-hydroxylation sites is 1. The summed E-state index contributed by atoms with van der Waals surface area (Å²) in [6.07, 6.45) is -0.586. The molecular weight excluding hydrogens is 406 g/mol. The molecule has 2 heterocycles. The van der Waals surface area contributed by atoms with Crippen LogP contribution < -0.4 is 16.5 Å². The number of H-pyrrole nitrogens is 1. The summed E-state index contributed by atoms with van der Waals surface area (Å²) < 4.78 is 10.1. The van der Waals surface area contributed by atoms with Crippen molar-refractivity contribution in [1.82, 2.24) is 9.97 Å². The molecule has 2 N–H and O–H groups in total. The Kier molecular flexibility index (Phi) is 5.53. The minimum Gasteiger partial charge on any atom is -0.450 e. The lowest BCUT2D eigenvalue weighted by Crippen LogP contribution is -2.13. The number of thioether (sulfide) groups is 1. The van der Waals surface area contributed by atoms with Crippen LogP contribution in [0.25, 0.3) is 21.9 Å². The van der Waals surface area contributed by atoms with E-state index in [1.54, 1.807) is 43.3 Å². The molecule has 0 spiro atoms. The molecule has 0 atom stereocenters. The van der Waals surface area contributed by atoms with E-state index in [-0.39, 0.29) is 12.2 Å². The number of anilines is 1. The summed E-state index contributed by atoms with van der Waals surface area (Å²) in [6.45, 7) is 1.96. The normalized spacial score (nSPS) is 11.0. The molecule has 9 heteroatoms. The van der Waals surface area contributed by atoms with Crippen molar-refractivity contribution in [3.63, 3.8) is 0 Å². The van der Waals surface area contributed by atoms with Gasteiger partial charge in [0.15, 0.2) is 5.16 Å². The van der Waals surface area contributed by atoms with E-state index in [1.807, 2.05) is 6.07 Å². The molecule has 0 aliphatic heterocycles. The minimum atomic E-state index is -0.586. The summed E-state index contributed by atoms with van der Waals surface area (Å²) in [5.41, 5.74) is 1.41. The van der Waals surface area contributed by atoms with Gasteiger partial charge in [-0.15, -0.1) is 0 Å². The fourth-order valence-corrected chi connectivity index (χ4v) is 3.85. The van der Waals surface area contributed by atoms with Gasteiger partial charge in [-0.25, -0.2) is 14.6 Å². The summed E-state index contributed by atoms with van der Waals surface area (Å²) in [4.78, 5) is 43.1. The first-order chi connectivity index (χ1) is 14.5. The number of nitrogens with one attached hydrogen (secondary N) is 2. The standard InChI is InChI=1S/C21H17N3O5S/c1-2-28-21(27)22-13-7-8-14-12(9-18(25)29-17(14)10-13)11-30-20-23-16-6-4-3-5-15(16)19(26)24-20/h3-10H,2,11H2,1H3,(H,22,27)(H,23,24,26). The number of carbonyl (C=O) groups is 1. The molecule has 0 radical (unpaired) electrons. The minimum absolute atomic E-state index is 0.213. The average molecular weight is 423 g/mol. The Morgan fingerprint density at radius 2 is 2.00 bits per heavy atom. The lowest BCUT2D eigenvalue weighted by Gasteiger charge is -2.08. The molecule has 0 saturated heterocycles. The van der Waals surface area contributed by atoms with Gasteiger partial charge in [0.1, 0.15) is 5.58 Å². The van der Waals surface area contributed by atoms with Gasteiger partial charge >= 0.3 is 11.7 Å². The van der Waals surface area contributed by atoms with Crippen LogP contribution in [0.1, 0.15) is 12.5 Å². The zero-order valence-electron chi connectivity index (χ0n) is 15.9. The van der Waals surface area contributed by atoms with Crippen LogP contribution in [0.3, 0.4) is 0 Å². The fraction of sp³-hybridized carbons (Fsp3) is 0.143. The number of rotatable bonds is 5. The number of benzene rings is 2. The maximum Gasteiger partial charge on any atom is 0.411 e. The van der Waals surface area contributed by atoms with Crippen molar-refractivity contribution in [2.75, 3.05) is 11.9 Å². The first-order valence-electron chi connectivity index (χ1n) is 9.16. The quantitative estimate of drug-likeness (QED) is 0.284. The lowest BCUT2D eigenvalue weighted by atomic mass is 10.1. The highest BCUT2D eigenvalue weighted by molar-refractivity contribution is 7.98. The summed E-state index contributed by atoms with van der Waals surface area (Å²) in [5, 5.41) is 4.28. The molecule has 0 fully saturated rings. The van der Waals surface area contributed by atoms with Crippen molar-refractivity contribution in [1.29, 1.82) is 0 Å². The van der Waals surface area contributed by atoms with E-state index in [0.29, 0.717) is 33.1 Å². The monoisotopic (exact) mass is 423 g/mol. The number of hydrogen-bond donors (Lipinski definition) is 2. The molecule has 0 unspecified atom stereocenters. The van der Waals surface area contributed by atoms with Crippen LogP contribution in [-0.4, -0.2) is 22.7 Å². The van der Waals surface area contributed by atoms with Gasteiger partial charge in [0.2, 0.25) is 0 Å². The highest BCUT2D eigenvalue weighted by atomic mass is 32.2. The first-order valence-corrected chi connectivity index (χ1v) is 10.1. The molecule has 1 amide bonds. The summed E-state index contributed by atoms with van der Waals surface area (Å²) in [7, 11) is 0. The van der Waals surface area contributed by atoms with Crippen LogP contribution in [0.5, 0.6) is 0 Å². The molecule has 2 aromatic heterocycles. The van der Waals surface area contributed by atoms with E-state index in [0.717, 1.165) is 10.9 Å². The Balaban J connectivity index is 1.62. The highest BCUT2D eigenvalue weighted by Gasteiger charge is 2.11. The topological polar surface area (TPSA) is 114 Å². The van der Waals surface area contributed by atoms with Gasteiger partial charge in [-0.05, 0) is 36.8 Å². The number of aromatic nitrogens is 2. The van der Waals surface area contributed by atoms with Gasteiger partial charge < -0.3 is 14.1 Å². The Morgan fingerprint density at radius 1 is 1.17 bits per heavy atom. The van der Waals surface area contributed by atoms with Crippen molar-refractivity contribution in [2.45, 2.75) is 17.8 Å². The third-order valence-electron chi connectivity index (χ3n) is 4.31. The SMILES string of the molecule is CCOC(=O)Nc1ccc2c(CSc3nc4ccccc4c(=O)[nH]3)cc(=O)oc2c1. The van der Waals surface area contributed by atoms with Gasteiger partial charge in [-0.2, -0.15) is 0 Å². The number of amides is 1. The van der Waals surface area contributed by atoms with Crippen LogP contribution in [-0.2, 0) is 10.5 Å². The molecule has 8 nitrogen and oxygen atoms in total. The van der Waals surface area contributed by atoms with Crippen molar-refractivity contribution in [2.24, 2.45) is 0 Å². The second-order valence-electron chi connectivity index (χ2n) is 6.32.